The number of amides is 1. The van der Waals surface area contributed by atoms with Gasteiger partial charge >= 0.3 is 6.18 Å². The Bertz CT molecular complexity index is 481. The molecule has 0 atom stereocenters. The molecule has 0 bridgehead atoms. The van der Waals surface area contributed by atoms with E-state index in [1.165, 1.54) is 6.92 Å². The molecular weight excluding hydrogens is 309 g/mol. The van der Waals surface area contributed by atoms with Crippen molar-refractivity contribution in [3.05, 3.63) is 23.2 Å². The predicted octanol–water partition coefficient (Wildman–Crippen LogP) is 3.68. The Morgan fingerprint density at radius 2 is 2.10 bits per heavy atom. The van der Waals surface area contributed by atoms with Crippen molar-refractivity contribution in [2.24, 2.45) is 0 Å². The summed E-state index contributed by atoms with van der Waals surface area (Å²) in [5, 5.41) is 5.99. The minimum atomic E-state index is -4.30. The zero-order valence-corrected chi connectivity index (χ0v) is 12.1. The number of hydrogen-bond acceptors (Lipinski definition) is 3. The predicted molar refractivity (Wildman–Crippen MR) is 75.7 cm³/mol. The summed E-state index contributed by atoms with van der Waals surface area (Å²) in [4.78, 5) is 10.9. The second-order valence-corrected chi connectivity index (χ2v) is 4.73. The first kappa shape index (κ1) is 17.6. The maximum atomic E-state index is 11.8. The Morgan fingerprint density at radius 1 is 1.38 bits per heavy atom. The zero-order chi connectivity index (χ0) is 15.9. The van der Waals surface area contributed by atoms with Gasteiger partial charge in [-0.2, -0.15) is 13.2 Å². The van der Waals surface area contributed by atoms with Crippen molar-refractivity contribution in [2.45, 2.75) is 19.5 Å². The van der Waals surface area contributed by atoms with E-state index in [0.29, 0.717) is 29.4 Å². The summed E-state index contributed by atoms with van der Waals surface area (Å²) in [5.41, 5.74) is 1.22. The van der Waals surface area contributed by atoms with Crippen LogP contribution < -0.4 is 10.6 Å². The molecule has 0 unspecified atom stereocenters. The number of alkyl halides is 3. The van der Waals surface area contributed by atoms with E-state index in [1.54, 1.807) is 18.2 Å². The molecule has 2 N–H and O–H groups in total. The van der Waals surface area contributed by atoms with Gasteiger partial charge in [-0.25, -0.2) is 0 Å². The van der Waals surface area contributed by atoms with Crippen LogP contribution in [-0.2, 0) is 9.53 Å². The summed E-state index contributed by atoms with van der Waals surface area (Å²) < 4.78 is 40.0. The van der Waals surface area contributed by atoms with Gasteiger partial charge in [-0.15, -0.1) is 0 Å². The first-order valence-corrected chi connectivity index (χ1v) is 6.61. The van der Waals surface area contributed by atoms with Gasteiger partial charge in [0.15, 0.2) is 0 Å². The lowest BCUT2D eigenvalue weighted by atomic mass is 10.2. The molecule has 1 aromatic carbocycles. The van der Waals surface area contributed by atoms with Gasteiger partial charge in [0.2, 0.25) is 5.91 Å². The molecule has 0 fully saturated rings. The maximum Gasteiger partial charge on any atom is 0.411 e. The zero-order valence-electron chi connectivity index (χ0n) is 11.4. The lowest BCUT2D eigenvalue weighted by Gasteiger charge is -2.11. The minimum absolute atomic E-state index is 0.00804. The fourth-order valence-electron chi connectivity index (χ4n) is 1.52. The monoisotopic (exact) mass is 324 g/mol. The highest BCUT2D eigenvalue weighted by molar-refractivity contribution is 6.33. The molecule has 0 spiro atoms. The third kappa shape index (κ3) is 7.77. The van der Waals surface area contributed by atoms with Crippen molar-refractivity contribution >= 4 is 28.9 Å². The number of halogens is 4. The maximum absolute atomic E-state index is 11.8. The van der Waals surface area contributed by atoms with Crippen LogP contribution in [0.5, 0.6) is 0 Å². The Morgan fingerprint density at radius 3 is 2.67 bits per heavy atom. The summed E-state index contributed by atoms with van der Waals surface area (Å²) in [6.07, 6.45) is -3.88. The molecule has 0 saturated carbocycles. The van der Waals surface area contributed by atoms with Crippen LogP contribution in [0, 0.1) is 0 Å². The fraction of sp³-hybridized carbons (Fsp3) is 0.462. The summed E-state index contributed by atoms with van der Waals surface area (Å²) in [7, 11) is 0. The number of benzene rings is 1. The van der Waals surface area contributed by atoms with Crippen molar-refractivity contribution in [1.82, 2.24) is 0 Å². The van der Waals surface area contributed by atoms with Gasteiger partial charge < -0.3 is 15.4 Å². The van der Waals surface area contributed by atoms with Gasteiger partial charge in [-0.1, -0.05) is 11.6 Å². The van der Waals surface area contributed by atoms with E-state index in [-0.39, 0.29) is 12.5 Å². The molecule has 1 aromatic rings. The van der Waals surface area contributed by atoms with E-state index in [1.807, 2.05) is 0 Å². The van der Waals surface area contributed by atoms with Gasteiger partial charge in [-0.3, -0.25) is 4.79 Å². The van der Waals surface area contributed by atoms with Crippen LogP contribution in [0.1, 0.15) is 13.3 Å². The van der Waals surface area contributed by atoms with E-state index in [0.717, 1.165) is 0 Å². The topological polar surface area (TPSA) is 50.4 Å². The molecule has 8 heteroatoms. The first-order valence-electron chi connectivity index (χ1n) is 6.23. The third-order valence-corrected chi connectivity index (χ3v) is 2.65. The smallest absolute Gasteiger partial charge is 0.384 e. The van der Waals surface area contributed by atoms with E-state index in [9.17, 15) is 18.0 Å². The normalized spacial score (nSPS) is 11.3. The van der Waals surface area contributed by atoms with Crippen LogP contribution >= 0.6 is 11.6 Å². The molecule has 118 valence electrons. The molecule has 0 aliphatic heterocycles. The number of rotatable bonds is 7. The molecule has 0 aromatic heterocycles. The van der Waals surface area contributed by atoms with Crippen LogP contribution in [-0.4, -0.2) is 31.8 Å². The summed E-state index contributed by atoms with van der Waals surface area (Å²) in [6.45, 7) is 0.589. The second-order valence-electron chi connectivity index (χ2n) is 4.32. The number of hydrogen-bond donors (Lipinski definition) is 2. The lowest BCUT2D eigenvalue weighted by molar-refractivity contribution is -0.173. The first-order chi connectivity index (χ1) is 9.78. The van der Waals surface area contributed by atoms with Gasteiger partial charge in [0.05, 0.1) is 10.7 Å². The van der Waals surface area contributed by atoms with E-state index in [2.05, 4.69) is 15.4 Å². The standard InChI is InChI=1S/C13H16ClF3N2O2/c1-9(20)19-10-3-4-12(11(14)7-10)18-5-2-6-21-8-13(15,16)17/h3-4,7,18H,2,5-6,8H2,1H3,(H,19,20). The highest BCUT2D eigenvalue weighted by Crippen LogP contribution is 2.25. The molecule has 21 heavy (non-hydrogen) atoms. The molecule has 1 rings (SSSR count). The third-order valence-electron chi connectivity index (χ3n) is 2.34. The number of anilines is 2. The van der Waals surface area contributed by atoms with E-state index in [4.69, 9.17) is 11.6 Å². The van der Waals surface area contributed by atoms with Gasteiger partial charge in [-0.05, 0) is 24.6 Å². The second kappa shape index (κ2) is 8.09. The fourth-order valence-corrected chi connectivity index (χ4v) is 1.77. The van der Waals surface area contributed by atoms with Crippen molar-refractivity contribution < 1.29 is 22.7 Å². The molecule has 0 radical (unpaired) electrons. The highest BCUT2D eigenvalue weighted by Gasteiger charge is 2.27. The van der Waals surface area contributed by atoms with Gasteiger partial charge in [0.25, 0.3) is 0 Å². The molecule has 4 nitrogen and oxygen atoms in total. The van der Waals surface area contributed by atoms with Gasteiger partial charge in [0.1, 0.15) is 6.61 Å². The van der Waals surface area contributed by atoms with Crippen LogP contribution in [0.4, 0.5) is 24.5 Å². The molecule has 0 heterocycles. The Hall–Kier alpha value is -1.47. The Labute approximate surface area is 125 Å². The van der Waals surface area contributed by atoms with Gasteiger partial charge in [0, 0.05) is 25.8 Å². The van der Waals surface area contributed by atoms with E-state index >= 15 is 0 Å². The van der Waals surface area contributed by atoms with Crippen molar-refractivity contribution in [3.63, 3.8) is 0 Å². The molecule has 1 amide bonds. The highest BCUT2D eigenvalue weighted by atomic mass is 35.5. The van der Waals surface area contributed by atoms with Crippen molar-refractivity contribution in [1.29, 1.82) is 0 Å². The van der Waals surface area contributed by atoms with Crippen LogP contribution in [0.2, 0.25) is 5.02 Å². The minimum Gasteiger partial charge on any atom is -0.384 e. The Kier molecular flexibility index (Phi) is 6.77. The number of carbonyl (C=O) groups excluding carboxylic acids is 1. The Balaban J connectivity index is 2.31. The quantitative estimate of drug-likeness (QED) is 0.752. The average molecular weight is 325 g/mol. The van der Waals surface area contributed by atoms with Crippen LogP contribution in [0.25, 0.3) is 0 Å². The van der Waals surface area contributed by atoms with E-state index < -0.39 is 12.8 Å². The summed E-state index contributed by atoms with van der Waals surface area (Å²) in [6, 6.07) is 4.95. The number of nitrogens with one attached hydrogen (secondary N) is 2. The molecule has 0 aliphatic rings. The summed E-state index contributed by atoms with van der Waals surface area (Å²) >= 11 is 6.02. The van der Waals surface area contributed by atoms with Crippen molar-refractivity contribution in [2.75, 3.05) is 30.4 Å². The molecular formula is C13H16ClF3N2O2. The lowest BCUT2D eigenvalue weighted by Crippen LogP contribution is -2.18. The van der Waals surface area contributed by atoms with Crippen LogP contribution in [0.15, 0.2) is 18.2 Å². The number of ether oxygens (including phenoxy) is 1. The summed E-state index contributed by atoms with van der Waals surface area (Å²) in [5.74, 6) is -0.200. The van der Waals surface area contributed by atoms with Crippen molar-refractivity contribution in [3.8, 4) is 0 Å². The molecule has 0 saturated heterocycles. The average Bonchev–Trinajstić information content (AvgIpc) is 2.33. The van der Waals surface area contributed by atoms with Crippen LogP contribution in [0.3, 0.4) is 0 Å². The largest absolute Gasteiger partial charge is 0.411 e. The number of carbonyl (C=O) groups is 1. The molecule has 0 aliphatic carbocycles. The SMILES string of the molecule is CC(=O)Nc1ccc(NCCCOCC(F)(F)F)c(Cl)c1.